The molecule has 1 aromatic heterocycles. The zero-order valence-corrected chi connectivity index (χ0v) is 8.63. The van der Waals surface area contributed by atoms with Crippen LogP contribution in [-0.4, -0.2) is 33.9 Å². The molecule has 0 spiro atoms. The van der Waals surface area contributed by atoms with Crippen LogP contribution >= 0.6 is 0 Å². The predicted octanol–water partition coefficient (Wildman–Crippen LogP) is 0.178. The van der Waals surface area contributed by atoms with Gasteiger partial charge in [-0.2, -0.15) is 0 Å². The second kappa shape index (κ2) is 5.53. The van der Waals surface area contributed by atoms with Gasteiger partial charge in [0.15, 0.2) is 6.10 Å². The third-order valence-corrected chi connectivity index (χ3v) is 1.88. The van der Waals surface area contributed by atoms with E-state index in [2.05, 4.69) is 9.72 Å². The molecule has 2 N–H and O–H groups in total. The lowest BCUT2D eigenvalue weighted by Crippen LogP contribution is -2.30. The first-order valence-electron chi connectivity index (χ1n) is 4.70. The van der Waals surface area contributed by atoms with Gasteiger partial charge in [-0.05, 0) is 19.1 Å². The molecular weight excluding hydrogens is 217 g/mol. The van der Waals surface area contributed by atoms with Crippen molar-refractivity contribution in [3.05, 3.63) is 29.8 Å². The second-order valence-corrected chi connectivity index (χ2v) is 3.04. The summed E-state index contributed by atoms with van der Waals surface area (Å²) in [6.07, 6.45) is -2.37. The fourth-order valence-electron chi connectivity index (χ4n) is 1.08. The number of nitrogens with zero attached hydrogens (tertiary/aromatic N) is 1. The molecule has 1 rings (SSSR count). The number of ether oxygens (including phenoxy) is 1. The van der Waals surface area contributed by atoms with Crippen molar-refractivity contribution in [1.82, 2.24) is 4.98 Å². The van der Waals surface area contributed by atoms with E-state index in [4.69, 9.17) is 0 Å². The summed E-state index contributed by atoms with van der Waals surface area (Å²) >= 11 is 0. The van der Waals surface area contributed by atoms with E-state index in [1.54, 1.807) is 6.92 Å². The molecule has 1 heterocycles. The molecule has 88 valence electrons. The van der Waals surface area contributed by atoms with Gasteiger partial charge in [0.1, 0.15) is 11.9 Å². The van der Waals surface area contributed by atoms with Crippen molar-refractivity contribution >= 4 is 5.97 Å². The molecule has 0 amide bonds. The smallest absolute Gasteiger partial charge is 0.338 e. The Kier molecular flexibility index (Phi) is 4.33. The van der Waals surface area contributed by atoms with E-state index < -0.39 is 24.0 Å². The van der Waals surface area contributed by atoms with Crippen LogP contribution in [0.5, 0.6) is 0 Å². The summed E-state index contributed by atoms with van der Waals surface area (Å²) in [5.41, 5.74) is 0.00181. The van der Waals surface area contributed by atoms with Crippen LogP contribution in [0.3, 0.4) is 0 Å². The summed E-state index contributed by atoms with van der Waals surface area (Å²) in [5.74, 6) is -1.51. The minimum Gasteiger partial charge on any atom is -0.464 e. The lowest BCUT2D eigenvalue weighted by atomic mass is 10.1. The Bertz CT molecular complexity index is 354. The van der Waals surface area contributed by atoms with E-state index >= 15 is 0 Å². The minimum absolute atomic E-state index is 0.00181. The largest absolute Gasteiger partial charge is 0.464 e. The molecule has 0 aliphatic rings. The molecule has 0 fully saturated rings. The van der Waals surface area contributed by atoms with Crippen LogP contribution < -0.4 is 0 Å². The maximum absolute atomic E-state index is 12.5. The number of aliphatic hydroxyl groups is 2. The summed E-state index contributed by atoms with van der Waals surface area (Å²) in [7, 11) is 0. The standard InChI is InChI=1S/C10H12FNO4/c1-2-16-10(15)9(14)8(13)7-4-3-6(11)5-12-7/h3-5,8-9,13-14H,2H2,1H3. The summed E-state index contributed by atoms with van der Waals surface area (Å²) in [6.45, 7) is 1.67. The highest BCUT2D eigenvalue weighted by atomic mass is 19.1. The van der Waals surface area contributed by atoms with Crippen molar-refractivity contribution in [1.29, 1.82) is 0 Å². The van der Waals surface area contributed by atoms with Crippen molar-refractivity contribution in [3.63, 3.8) is 0 Å². The van der Waals surface area contributed by atoms with E-state index in [0.29, 0.717) is 0 Å². The van der Waals surface area contributed by atoms with Crippen LogP contribution in [0, 0.1) is 5.82 Å². The van der Waals surface area contributed by atoms with Gasteiger partial charge in [0.25, 0.3) is 0 Å². The van der Waals surface area contributed by atoms with Gasteiger partial charge in [0, 0.05) is 0 Å². The Hall–Kier alpha value is -1.53. The summed E-state index contributed by atoms with van der Waals surface area (Å²) in [6, 6.07) is 2.26. The molecule has 5 nitrogen and oxygen atoms in total. The molecule has 0 radical (unpaired) electrons. The third kappa shape index (κ3) is 2.98. The van der Waals surface area contributed by atoms with Gasteiger partial charge in [-0.15, -0.1) is 0 Å². The molecule has 2 atom stereocenters. The maximum atomic E-state index is 12.5. The molecule has 1 aromatic rings. The fraction of sp³-hybridized carbons (Fsp3) is 0.400. The van der Waals surface area contributed by atoms with E-state index in [0.717, 1.165) is 12.3 Å². The normalized spacial score (nSPS) is 14.2. The maximum Gasteiger partial charge on any atom is 0.338 e. The SMILES string of the molecule is CCOC(=O)C(O)C(O)c1ccc(F)cn1. The average Bonchev–Trinajstić information content (AvgIpc) is 2.28. The van der Waals surface area contributed by atoms with Gasteiger partial charge in [-0.25, -0.2) is 9.18 Å². The average molecular weight is 229 g/mol. The van der Waals surface area contributed by atoms with Crippen molar-refractivity contribution in [2.45, 2.75) is 19.1 Å². The molecule has 16 heavy (non-hydrogen) atoms. The number of aromatic nitrogens is 1. The number of esters is 1. The first kappa shape index (κ1) is 12.5. The number of carbonyl (C=O) groups excluding carboxylic acids is 1. The molecule has 0 saturated heterocycles. The first-order valence-corrected chi connectivity index (χ1v) is 4.70. The van der Waals surface area contributed by atoms with Gasteiger partial charge in [0.05, 0.1) is 18.5 Å². The van der Waals surface area contributed by atoms with Crippen molar-refractivity contribution in [2.75, 3.05) is 6.61 Å². The third-order valence-electron chi connectivity index (χ3n) is 1.88. The van der Waals surface area contributed by atoms with E-state index in [9.17, 15) is 19.4 Å². The van der Waals surface area contributed by atoms with Crippen LogP contribution in [0.4, 0.5) is 4.39 Å². The number of carbonyl (C=O) groups is 1. The molecule has 0 bridgehead atoms. The highest BCUT2D eigenvalue weighted by molar-refractivity contribution is 5.75. The van der Waals surface area contributed by atoms with E-state index in [1.165, 1.54) is 6.07 Å². The van der Waals surface area contributed by atoms with Crippen LogP contribution in [0.25, 0.3) is 0 Å². The molecule has 0 aliphatic heterocycles. The zero-order chi connectivity index (χ0) is 12.1. The van der Waals surface area contributed by atoms with Crippen LogP contribution in [0.1, 0.15) is 18.7 Å². The van der Waals surface area contributed by atoms with Gasteiger partial charge >= 0.3 is 5.97 Å². The topological polar surface area (TPSA) is 79.7 Å². The Balaban J connectivity index is 2.73. The first-order chi connectivity index (χ1) is 7.56. The summed E-state index contributed by atoms with van der Waals surface area (Å²) < 4.78 is 17.1. The van der Waals surface area contributed by atoms with E-state index in [-0.39, 0.29) is 12.3 Å². The number of pyridine rings is 1. The highest BCUT2D eigenvalue weighted by Crippen LogP contribution is 2.15. The van der Waals surface area contributed by atoms with Crippen molar-refractivity contribution in [3.8, 4) is 0 Å². The van der Waals surface area contributed by atoms with Crippen molar-refractivity contribution < 1.29 is 24.1 Å². The van der Waals surface area contributed by atoms with Gasteiger partial charge in [-0.3, -0.25) is 4.98 Å². The Morgan fingerprint density at radius 3 is 2.75 bits per heavy atom. The predicted molar refractivity (Wildman–Crippen MR) is 51.8 cm³/mol. The number of halogens is 1. The number of hydrogen-bond donors (Lipinski definition) is 2. The molecule has 6 heteroatoms. The van der Waals surface area contributed by atoms with Gasteiger partial charge in [0.2, 0.25) is 0 Å². The molecule has 0 aromatic carbocycles. The Morgan fingerprint density at radius 1 is 1.56 bits per heavy atom. The van der Waals surface area contributed by atoms with E-state index in [1.807, 2.05) is 0 Å². The van der Waals surface area contributed by atoms with Crippen LogP contribution in [-0.2, 0) is 9.53 Å². The van der Waals surface area contributed by atoms with Gasteiger partial charge in [-0.1, -0.05) is 0 Å². The minimum atomic E-state index is -1.72. The summed E-state index contributed by atoms with van der Waals surface area (Å²) in [5, 5.41) is 18.9. The highest BCUT2D eigenvalue weighted by Gasteiger charge is 2.27. The number of aliphatic hydroxyl groups excluding tert-OH is 2. The second-order valence-electron chi connectivity index (χ2n) is 3.04. The Morgan fingerprint density at radius 2 is 2.25 bits per heavy atom. The quantitative estimate of drug-likeness (QED) is 0.720. The molecular formula is C10H12FNO4. The fourth-order valence-corrected chi connectivity index (χ4v) is 1.08. The molecule has 0 aliphatic carbocycles. The van der Waals surface area contributed by atoms with Gasteiger partial charge < -0.3 is 14.9 Å². The molecule has 0 saturated carbocycles. The lowest BCUT2D eigenvalue weighted by molar-refractivity contribution is -0.159. The lowest BCUT2D eigenvalue weighted by Gasteiger charge is -2.15. The zero-order valence-electron chi connectivity index (χ0n) is 8.63. The monoisotopic (exact) mass is 229 g/mol. The van der Waals surface area contributed by atoms with Crippen LogP contribution in [0.15, 0.2) is 18.3 Å². The number of hydrogen-bond acceptors (Lipinski definition) is 5. The van der Waals surface area contributed by atoms with Crippen molar-refractivity contribution in [2.24, 2.45) is 0 Å². The molecule has 2 unspecified atom stereocenters. The van der Waals surface area contributed by atoms with Crippen LogP contribution in [0.2, 0.25) is 0 Å². The Labute approximate surface area is 91.5 Å². The number of rotatable bonds is 4. The summed E-state index contributed by atoms with van der Waals surface area (Å²) in [4.78, 5) is 14.6.